The number of nitrogens with zero attached hydrogens (tertiary/aromatic N) is 1. The molecule has 1 heterocycles. The van der Waals surface area contributed by atoms with E-state index in [1.54, 1.807) is 0 Å². The lowest BCUT2D eigenvalue weighted by molar-refractivity contribution is 0.0957. The summed E-state index contributed by atoms with van der Waals surface area (Å²) in [6, 6.07) is 2.07. The summed E-state index contributed by atoms with van der Waals surface area (Å²) in [6.45, 7) is 2.47. The number of rotatable bonds is 5. The van der Waals surface area contributed by atoms with E-state index < -0.39 is 0 Å². The molecule has 0 fully saturated rings. The number of aryl methyl sites for hydroxylation is 1. The van der Waals surface area contributed by atoms with Gasteiger partial charge in [0, 0.05) is 13.0 Å². The van der Waals surface area contributed by atoms with Crippen LogP contribution in [-0.2, 0) is 0 Å². The zero-order valence-electron chi connectivity index (χ0n) is 9.05. The monoisotopic (exact) mass is 256 g/mol. The minimum Gasteiger partial charge on any atom is -0.351 e. The summed E-state index contributed by atoms with van der Waals surface area (Å²) in [5, 5.41) is 13.5. The number of thiophene rings is 1. The molecule has 0 radical (unpaired) electrons. The number of carbonyl (C=O) groups is 1. The van der Waals surface area contributed by atoms with Crippen LogP contribution in [0.15, 0.2) is 5.38 Å². The number of hydrogen-bond acceptors (Lipinski definition) is 3. The molecule has 5 heteroatoms. The van der Waals surface area contributed by atoms with Gasteiger partial charge in [-0.05, 0) is 30.7 Å². The minimum atomic E-state index is -0.125. The average Bonchev–Trinajstić information content (AvgIpc) is 2.59. The molecule has 0 bridgehead atoms. The van der Waals surface area contributed by atoms with Gasteiger partial charge in [-0.3, -0.25) is 4.79 Å². The molecule has 16 heavy (non-hydrogen) atoms. The van der Waals surface area contributed by atoms with Crippen LogP contribution in [0.2, 0.25) is 5.02 Å². The number of nitriles is 1. The van der Waals surface area contributed by atoms with Gasteiger partial charge in [-0.25, -0.2) is 0 Å². The third-order valence-electron chi connectivity index (χ3n) is 2.11. The topological polar surface area (TPSA) is 52.9 Å². The molecular formula is C11H13ClN2OS. The fourth-order valence-electron chi connectivity index (χ4n) is 1.19. The molecule has 0 saturated heterocycles. The quantitative estimate of drug-likeness (QED) is 0.823. The van der Waals surface area contributed by atoms with Crippen LogP contribution in [0.5, 0.6) is 0 Å². The summed E-state index contributed by atoms with van der Waals surface area (Å²) in [5.41, 5.74) is 0.932. The number of unbranched alkanes of at least 4 members (excludes halogenated alkanes) is 2. The van der Waals surface area contributed by atoms with E-state index in [0.29, 0.717) is 22.9 Å². The fraction of sp³-hybridized carbons (Fsp3) is 0.455. The summed E-state index contributed by atoms with van der Waals surface area (Å²) >= 11 is 7.33. The van der Waals surface area contributed by atoms with Gasteiger partial charge in [0.2, 0.25) is 0 Å². The predicted molar refractivity (Wildman–Crippen MR) is 65.9 cm³/mol. The Labute approximate surface area is 104 Å². The van der Waals surface area contributed by atoms with Crippen LogP contribution in [0.1, 0.15) is 34.5 Å². The van der Waals surface area contributed by atoms with E-state index in [-0.39, 0.29) is 5.91 Å². The Bertz CT molecular complexity index is 409. The summed E-state index contributed by atoms with van der Waals surface area (Å²) in [7, 11) is 0. The molecule has 1 rings (SSSR count). The van der Waals surface area contributed by atoms with Crippen LogP contribution < -0.4 is 5.32 Å². The van der Waals surface area contributed by atoms with Crippen molar-refractivity contribution in [2.45, 2.75) is 26.2 Å². The largest absolute Gasteiger partial charge is 0.351 e. The first-order chi connectivity index (χ1) is 7.66. The smallest absolute Gasteiger partial charge is 0.262 e. The number of halogens is 1. The van der Waals surface area contributed by atoms with Crippen molar-refractivity contribution in [3.63, 3.8) is 0 Å². The molecule has 1 aromatic rings. The van der Waals surface area contributed by atoms with Gasteiger partial charge < -0.3 is 5.32 Å². The molecule has 0 aromatic carbocycles. The van der Waals surface area contributed by atoms with Gasteiger partial charge in [-0.15, -0.1) is 11.3 Å². The summed E-state index contributed by atoms with van der Waals surface area (Å²) in [6.07, 6.45) is 2.17. The molecule has 0 aliphatic heterocycles. The van der Waals surface area contributed by atoms with Gasteiger partial charge >= 0.3 is 0 Å². The number of amides is 1. The van der Waals surface area contributed by atoms with Gasteiger partial charge in [0.05, 0.1) is 11.1 Å². The highest BCUT2D eigenvalue weighted by atomic mass is 35.5. The highest BCUT2D eigenvalue weighted by molar-refractivity contribution is 7.13. The van der Waals surface area contributed by atoms with E-state index in [1.165, 1.54) is 11.3 Å². The maximum atomic E-state index is 11.7. The predicted octanol–water partition coefficient (Wildman–Crippen LogP) is 3.13. The van der Waals surface area contributed by atoms with Crippen molar-refractivity contribution in [3.05, 3.63) is 20.8 Å². The summed E-state index contributed by atoms with van der Waals surface area (Å²) in [5.74, 6) is -0.125. The Morgan fingerprint density at radius 1 is 1.62 bits per heavy atom. The zero-order valence-corrected chi connectivity index (χ0v) is 10.6. The first-order valence-electron chi connectivity index (χ1n) is 5.05. The highest BCUT2D eigenvalue weighted by Crippen LogP contribution is 2.26. The van der Waals surface area contributed by atoms with Gasteiger partial charge in [0.1, 0.15) is 4.88 Å². The molecule has 1 aromatic heterocycles. The molecule has 86 valence electrons. The molecule has 0 aliphatic rings. The van der Waals surface area contributed by atoms with Crippen molar-refractivity contribution in [1.29, 1.82) is 5.26 Å². The van der Waals surface area contributed by atoms with Gasteiger partial charge in [0.25, 0.3) is 5.91 Å². The van der Waals surface area contributed by atoms with E-state index in [9.17, 15) is 4.79 Å². The molecule has 1 amide bonds. The minimum absolute atomic E-state index is 0.125. The first-order valence-corrected chi connectivity index (χ1v) is 6.31. The van der Waals surface area contributed by atoms with Crippen molar-refractivity contribution in [1.82, 2.24) is 5.32 Å². The molecule has 0 saturated carbocycles. The fourth-order valence-corrected chi connectivity index (χ4v) is 2.39. The SMILES string of the molecule is Cc1csc(C(=O)NCCCCC#N)c1Cl. The lowest BCUT2D eigenvalue weighted by Crippen LogP contribution is -2.23. The number of hydrogen-bond donors (Lipinski definition) is 1. The van der Waals surface area contributed by atoms with E-state index >= 15 is 0 Å². The molecule has 0 atom stereocenters. The summed E-state index contributed by atoms with van der Waals surface area (Å²) in [4.78, 5) is 12.2. The Kier molecular flexibility index (Phi) is 5.30. The Morgan fingerprint density at radius 2 is 2.38 bits per heavy atom. The summed E-state index contributed by atoms with van der Waals surface area (Å²) < 4.78 is 0. The van der Waals surface area contributed by atoms with Crippen LogP contribution in [0.4, 0.5) is 0 Å². The second-order valence-electron chi connectivity index (χ2n) is 3.43. The maximum Gasteiger partial charge on any atom is 0.262 e. The van der Waals surface area contributed by atoms with Gasteiger partial charge in [-0.1, -0.05) is 11.6 Å². The third-order valence-corrected chi connectivity index (χ3v) is 3.80. The van der Waals surface area contributed by atoms with E-state index in [0.717, 1.165) is 18.4 Å². The van der Waals surface area contributed by atoms with Crippen LogP contribution in [-0.4, -0.2) is 12.5 Å². The lowest BCUT2D eigenvalue weighted by Gasteiger charge is -2.02. The molecule has 0 spiro atoms. The second kappa shape index (κ2) is 6.51. The van der Waals surface area contributed by atoms with Crippen molar-refractivity contribution >= 4 is 28.8 Å². The highest BCUT2D eigenvalue weighted by Gasteiger charge is 2.13. The van der Waals surface area contributed by atoms with Crippen LogP contribution in [0.3, 0.4) is 0 Å². The van der Waals surface area contributed by atoms with E-state index in [2.05, 4.69) is 11.4 Å². The van der Waals surface area contributed by atoms with Gasteiger partial charge in [-0.2, -0.15) is 5.26 Å². The van der Waals surface area contributed by atoms with Crippen LogP contribution in [0.25, 0.3) is 0 Å². The normalized spacial score (nSPS) is 9.81. The first kappa shape index (κ1) is 13.0. The molecular weight excluding hydrogens is 244 g/mol. The average molecular weight is 257 g/mol. The zero-order chi connectivity index (χ0) is 12.0. The van der Waals surface area contributed by atoms with Crippen molar-refractivity contribution in [3.8, 4) is 6.07 Å². The Balaban J connectivity index is 2.36. The molecule has 0 unspecified atom stereocenters. The van der Waals surface area contributed by atoms with Crippen molar-refractivity contribution < 1.29 is 4.79 Å². The molecule has 0 aliphatic carbocycles. The Hall–Kier alpha value is -1.05. The van der Waals surface area contributed by atoms with Crippen LogP contribution in [0, 0.1) is 18.3 Å². The van der Waals surface area contributed by atoms with Crippen LogP contribution >= 0.6 is 22.9 Å². The number of nitrogens with one attached hydrogen (secondary N) is 1. The van der Waals surface area contributed by atoms with E-state index in [1.807, 2.05) is 12.3 Å². The second-order valence-corrected chi connectivity index (χ2v) is 4.69. The van der Waals surface area contributed by atoms with Crippen molar-refractivity contribution in [2.75, 3.05) is 6.54 Å². The van der Waals surface area contributed by atoms with E-state index in [4.69, 9.17) is 16.9 Å². The third kappa shape index (κ3) is 3.51. The Morgan fingerprint density at radius 3 is 2.94 bits per heavy atom. The number of carbonyl (C=O) groups excluding carboxylic acids is 1. The standard InChI is InChI=1S/C11H13ClN2OS/c1-8-7-16-10(9(8)12)11(15)14-6-4-2-3-5-13/h7H,2-4,6H2,1H3,(H,14,15). The maximum absolute atomic E-state index is 11.7. The van der Waals surface area contributed by atoms with Crippen molar-refractivity contribution in [2.24, 2.45) is 0 Å². The molecule has 1 N–H and O–H groups in total. The van der Waals surface area contributed by atoms with Gasteiger partial charge in [0.15, 0.2) is 0 Å². The molecule has 3 nitrogen and oxygen atoms in total. The lowest BCUT2D eigenvalue weighted by atomic mass is 10.2.